The van der Waals surface area contributed by atoms with Crippen LogP contribution in [0.5, 0.6) is 11.5 Å². The molecule has 0 heterocycles. The average molecular weight is 389 g/mol. The minimum Gasteiger partial charge on any atom is -0.496 e. The predicted molar refractivity (Wildman–Crippen MR) is 106 cm³/mol. The first-order valence-corrected chi connectivity index (χ1v) is 9.54. The van der Waals surface area contributed by atoms with E-state index in [-0.39, 0.29) is 5.91 Å². The Hall–Kier alpha value is -2.24. The summed E-state index contributed by atoms with van der Waals surface area (Å²) in [5, 5.41) is 3.60. The van der Waals surface area contributed by atoms with Crippen molar-refractivity contribution >= 4 is 17.5 Å². The fraction of sp³-hybridized carbons (Fsp3) is 0.381. The van der Waals surface area contributed by atoms with Crippen LogP contribution in [0.25, 0.3) is 0 Å². The second-order valence-electron chi connectivity index (χ2n) is 6.60. The van der Waals surface area contributed by atoms with E-state index in [1.165, 1.54) is 0 Å². The van der Waals surface area contributed by atoms with Gasteiger partial charge in [0.1, 0.15) is 18.1 Å². The highest BCUT2D eigenvalue weighted by Gasteiger charge is 2.30. The molecule has 0 radical (unpaired) electrons. The zero-order valence-electron chi connectivity index (χ0n) is 15.5. The number of carbonyl (C=O) groups is 1. The number of rotatable bonds is 10. The van der Waals surface area contributed by atoms with Crippen molar-refractivity contribution in [1.82, 2.24) is 10.2 Å². The van der Waals surface area contributed by atoms with Gasteiger partial charge in [0.25, 0.3) is 0 Å². The lowest BCUT2D eigenvalue weighted by molar-refractivity contribution is -0.122. The Bertz CT molecular complexity index is 747. The quantitative estimate of drug-likeness (QED) is 0.633. The van der Waals surface area contributed by atoms with E-state index in [0.29, 0.717) is 37.3 Å². The minimum atomic E-state index is 0.0107. The highest BCUT2D eigenvalue weighted by Crippen LogP contribution is 2.30. The van der Waals surface area contributed by atoms with Gasteiger partial charge in [-0.3, -0.25) is 9.69 Å². The van der Waals surface area contributed by atoms with E-state index in [1.807, 2.05) is 36.4 Å². The number of hydrogen-bond donors (Lipinski definition) is 1. The van der Waals surface area contributed by atoms with Crippen LogP contribution >= 0.6 is 11.6 Å². The third kappa shape index (κ3) is 6.15. The largest absolute Gasteiger partial charge is 0.496 e. The monoisotopic (exact) mass is 388 g/mol. The Morgan fingerprint density at radius 3 is 2.63 bits per heavy atom. The summed E-state index contributed by atoms with van der Waals surface area (Å²) in [5.74, 6) is 1.61. The van der Waals surface area contributed by atoms with Crippen molar-refractivity contribution in [2.75, 3.05) is 26.8 Å². The van der Waals surface area contributed by atoms with Gasteiger partial charge in [0.05, 0.1) is 20.2 Å². The van der Waals surface area contributed by atoms with Gasteiger partial charge in [-0.15, -0.1) is 0 Å². The molecule has 1 amide bonds. The van der Waals surface area contributed by atoms with Gasteiger partial charge in [0.2, 0.25) is 5.91 Å². The lowest BCUT2D eigenvalue weighted by atomic mass is 10.2. The van der Waals surface area contributed by atoms with Crippen molar-refractivity contribution in [3.05, 3.63) is 59.1 Å². The SMILES string of the molecule is COc1ccccc1CN(CC(=O)NCCOc1ccc(Cl)cc1)C1CC1. The number of ether oxygens (including phenoxy) is 2. The van der Waals surface area contributed by atoms with Crippen molar-refractivity contribution < 1.29 is 14.3 Å². The maximum atomic E-state index is 12.3. The molecule has 27 heavy (non-hydrogen) atoms. The fourth-order valence-electron chi connectivity index (χ4n) is 2.94. The number of benzene rings is 2. The van der Waals surface area contributed by atoms with Gasteiger partial charge >= 0.3 is 0 Å². The highest BCUT2D eigenvalue weighted by atomic mass is 35.5. The summed E-state index contributed by atoms with van der Waals surface area (Å²) in [4.78, 5) is 14.5. The van der Waals surface area contributed by atoms with E-state index >= 15 is 0 Å². The van der Waals surface area contributed by atoms with Gasteiger partial charge in [0.15, 0.2) is 0 Å². The van der Waals surface area contributed by atoms with Gasteiger partial charge in [0, 0.05) is 23.2 Å². The molecule has 2 aromatic rings. The molecule has 0 spiro atoms. The summed E-state index contributed by atoms with van der Waals surface area (Å²) < 4.78 is 11.0. The Morgan fingerprint density at radius 1 is 1.19 bits per heavy atom. The maximum Gasteiger partial charge on any atom is 0.234 e. The molecule has 3 rings (SSSR count). The van der Waals surface area contributed by atoms with Crippen LogP contribution in [0, 0.1) is 0 Å². The van der Waals surface area contributed by atoms with Crippen LogP contribution < -0.4 is 14.8 Å². The fourth-order valence-corrected chi connectivity index (χ4v) is 3.06. The normalized spacial score (nSPS) is 13.4. The first-order chi connectivity index (χ1) is 13.2. The predicted octanol–water partition coefficient (Wildman–Crippen LogP) is 3.51. The van der Waals surface area contributed by atoms with Crippen molar-refractivity contribution in [3.8, 4) is 11.5 Å². The first-order valence-electron chi connectivity index (χ1n) is 9.16. The molecule has 0 bridgehead atoms. The molecule has 0 aliphatic heterocycles. The summed E-state index contributed by atoms with van der Waals surface area (Å²) >= 11 is 5.85. The van der Waals surface area contributed by atoms with Crippen LogP contribution in [0.15, 0.2) is 48.5 Å². The Morgan fingerprint density at radius 2 is 1.93 bits per heavy atom. The zero-order valence-corrected chi connectivity index (χ0v) is 16.2. The number of nitrogens with zero attached hydrogens (tertiary/aromatic N) is 1. The molecule has 1 saturated carbocycles. The number of nitrogens with one attached hydrogen (secondary N) is 1. The first kappa shape index (κ1) is 19.5. The molecule has 0 atom stereocenters. The number of amides is 1. The van der Waals surface area contributed by atoms with Gasteiger partial charge in [-0.2, -0.15) is 0 Å². The maximum absolute atomic E-state index is 12.3. The number of hydrogen-bond acceptors (Lipinski definition) is 4. The topological polar surface area (TPSA) is 50.8 Å². The molecule has 1 aliphatic carbocycles. The minimum absolute atomic E-state index is 0.0107. The molecule has 0 unspecified atom stereocenters. The third-order valence-corrected chi connectivity index (χ3v) is 4.73. The number of para-hydroxylation sites is 1. The van der Waals surface area contributed by atoms with Crippen molar-refractivity contribution in [3.63, 3.8) is 0 Å². The van der Waals surface area contributed by atoms with Crippen LogP contribution in [0.2, 0.25) is 5.02 Å². The smallest absolute Gasteiger partial charge is 0.234 e. The molecule has 2 aromatic carbocycles. The van der Waals surface area contributed by atoms with Gasteiger partial charge in [-0.25, -0.2) is 0 Å². The summed E-state index contributed by atoms with van der Waals surface area (Å²) in [7, 11) is 1.67. The third-order valence-electron chi connectivity index (χ3n) is 4.48. The number of carbonyl (C=O) groups excluding carboxylic acids is 1. The second kappa shape index (κ2) is 9.62. The Labute approximate surface area is 165 Å². The summed E-state index contributed by atoms with van der Waals surface area (Å²) in [6, 6.07) is 15.6. The van der Waals surface area contributed by atoms with E-state index in [2.05, 4.69) is 10.2 Å². The molecule has 0 saturated heterocycles. The van der Waals surface area contributed by atoms with E-state index in [9.17, 15) is 4.79 Å². The summed E-state index contributed by atoms with van der Waals surface area (Å²) in [6.07, 6.45) is 2.28. The molecule has 1 N–H and O–H groups in total. The van der Waals surface area contributed by atoms with Crippen LogP contribution in [0.3, 0.4) is 0 Å². The Balaban J connectivity index is 1.44. The molecule has 0 aromatic heterocycles. The Kier molecular flexibility index (Phi) is 6.96. The van der Waals surface area contributed by atoms with E-state index in [0.717, 1.165) is 29.9 Å². The average Bonchev–Trinajstić information content (AvgIpc) is 3.52. The van der Waals surface area contributed by atoms with Crippen molar-refractivity contribution in [2.24, 2.45) is 0 Å². The lowest BCUT2D eigenvalue weighted by Gasteiger charge is -2.22. The molecule has 144 valence electrons. The number of halogens is 1. The highest BCUT2D eigenvalue weighted by molar-refractivity contribution is 6.30. The van der Waals surface area contributed by atoms with Crippen LogP contribution in [-0.2, 0) is 11.3 Å². The number of methoxy groups -OCH3 is 1. The lowest BCUT2D eigenvalue weighted by Crippen LogP contribution is -2.39. The zero-order chi connectivity index (χ0) is 19.1. The van der Waals surface area contributed by atoms with Gasteiger partial charge < -0.3 is 14.8 Å². The summed E-state index contributed by atoms with van der Waals surface area (Å²) in [6.45, 7) is 1.98. The summed E-state index contributed by atoms with van der Waals surface area (Å²) in [5.41, 5.74) is 1.10. The molecule has 1 aliphatic rings. The van der Waals surface area contributed by atoms with Crippen LogP contribution in [0.1, 0.15) is 18.4 Å². The molecule has 5 nitrogen and oxygen atoms in total. The molecular formula is C21H25ClN2O3. The standard InChI is InChI=1S/C21H25ClN2O3/c1-26-20-5-3-2-4-16(20)14-24(18-8-9-18)15-21(25)23-12-13-27-19-10-6-17(22)7-11-19/h2-7,10-11,18H,8-9,12-15H2,1H3,(H,23,25). The van der Waals surface area contributed by atoms with E-state index < -0.39 is 0 Å². The molecular weight excluding hydrogens is 364 g/mol. The van der Waals surface area contributed by atoms with Gasteiger partial charge in [-0.1, -0.05) is 29.8 Å². The van der Waals surface area contributed by atoms with E-state index in [4.69, 9.17) is 21.1 Å². The molecule has 6 heteroatoms. The van der Waals surface area contributed by atoms with Crippen LogP contribution in [0.4, 0.5) is 0 Å². The van der Waals surface area contributed by atoms with E-state index in [1.54, 1.807) is 19.2 Å². The van der Waals surface area contributed by atoms with Crippen LogP contribution in [-0.4, -0.2) is 43.7 Å². The molecule has 1 fully saturated rings. The van der Waals surface area contributed by atoms with Crippen molar-refractivity contribution in [1.29, 1.82) is 0 Å². The second-order valence-corrected chi connectivity index (χ2v) is 7.04. The van der Waals surface area contributed by atoms with Gasteiger partial charge in [-0.05, 0) is 43.2 Å². The van der Waals surface area contributed by atoms with Crippen molar-refractivity contribution in [2.45, 2.75) is 25.4 Å².